The SMILES string of the molecule is CC1(C)c2ccccc2C2(c3ccccc3-c3cc(N(c4ccccc4)c4ccccc4-c4ccc5c(c4)sc4ccccc45)ccc32)c2ccccc21. The zero-order chi connectivity index (χ0) is 36.0. The molecule has 1 nitrogen and oxygen atoms in total. The highest BCUT2D eigenvalue weighted by Gasteiger charge is 2.53. The molecule has 0 saturated heterocycles. The normalized spacial score (nSPS) is 14.4. The fourth-order valence-corrected chi connectivity index (χ4v) is 10.9. The Hall–Kier alpha value is -6.22. The van der Waals surface area contributed by atoms with Crippen molar-refractivity contribution in [3.63, 3.8) is 0 Å². The van der Waals surface area contributed by atoms with Crippen molar-refractivity contribution in [3.05, 3.63) is 221 Å². The molecule has 1 heterocycles. The van der Waals surface area contributed by atoms with E-state index in [1.54, 1.807) is 0 Å². The highest BCUT2D eigenvalue weighted by atomic mass is 32.1. The molecule has 2 aliphatic carbocycles. The summed E-state index contributed by atoms with van der Waals surface area (Å²) in [5.41, 5.74) is 16.2. The number of hydrogen-bond acceptors (Lipinski definition) is 2. The van der Waals surface area contributed by atoms with Crippen molar-refractivity contribution in [1.82, 2.24) is 0 Å². The van der Waals surface area contributed by atoms with Crippen molar-refractivity contribution in [1.29, 1.82) is 0 Å². The van der Waals surface area contributed by atoms with E-state index in [9.17, 15) is 0 Å². The van der Waals surface area contributed by atoms with E-state index in [1.807, 2.05) is 11.3 Å². The molecule has 256 valence electrons. The topological polar surface area (TPSA) is 3.24 Å². The number of fused-ring (bicyclic) bond motifs is 12. The lowest BCUT2D eigenvalue weighted by molar-refractivity contribution is 0.563. The van der Waals surface area contributed by atoms with Crippen LogP contribution in [0.4, 0.5) is 17.1 Å². The van der Waals surface area contributed by atoms with Crippen LogP contribution in [0.1, 0.15) is 47.2 Å². The Morgan fingerprint density at radius 2 is 0.963 bits per heavy atom. The van der Waals surface area contributed by atoms with Gasteiger partial charge in [-0.05, 0) is 92.5 Å². The van der Waals surface area contributed by atoms with Gasteiger partial charge in [-0.25, -0.2) is 0 Å². The van der Waals surface area contributed by atoms with Crippen LogP contribution in [0.2, 0.25) is 0 Å². The average Bonchev–Trinajstić information content (AvgIpc) is 3.74. The Kier molecular flexibility index (Phi) is 6.75. The molecule has 0 saturated carbocycles. The van der Waals surface area contributed by atoms with Gasteiger partial charge in [-0.2, -0.15) is 0 Å². The number of rotatable bonds is 4. The molecule has 0 bridgehead atoms. The molecule has 0 atom stereocenters. The van der Waals surface area contributed by atoms with E-state index in [1.165, 1.54) is 75.8 Å². The summed E-state index contributed by atoms with van der Waals surface area (Å²) in [7, 11) is 0. The van der Waals surface area contributed by atoms with Gasteiger partial charge in [0.1, 0.15) is 0 Å². The van der Waals surface area contributed by atoms with Crippen LogP contribution in [-0.4, -0.2) is 0 Å². The van der Waals surface area contributed by atoms with Gasteiger partial charge in [-0.1, -0.05) is 159 Å². The largest absolute Gasteiger partial charge is 0.310 e. The predicted octanol–water partition coefficient (Wildman–Crippen LogP) is 14.2. The minimum Gasteiger partial charge on any atom is -0.310 e. The van der Waals surface area contributed by atoms with Crippen LogP contribution < -0.4 is 4.90 Å². The van der Waals surface area contributed by atoms with E-state index in [0.29, 0.717) is 0 Å². The maximum atomic E-state index is 2.45. The maximum absolute atomic E-state index is 2.45. The van der Waals surface area contributed by atoms with Crippen LogP contribution >= 0.6 is 11.3 Å². The summed E-state index contributed by atoms with van der Waals surface area (Å²) in [6.45, 7) is 4.77. The van der Waals surface area contributed by atoms with Gasteiger partial charge in [0, 0.05) is 42.5 Å². The number of nitrogens with zero attached hydrogens (tertiary/aromatic N) is 1. The van der Waals surface area contributed by atoms with Crippen molar-refractivity contribution in [3.8, 4) is 22.3 Å². The van der Waals surface area contributed by atoms with Gasteiger partial charge >= 0.3 is 0 Å². The first-order valence-corrected chi connectivity index (χ1v) is 19.7. The van der Waals surface area contributed by atoms with Gasteiger partial charge in [0.25, 0.3) is 0 Å². The molecule has 0 aliphatic heterocycles. The summed E-state index contributed by atoms with van der Waals surface area (Å²) < 4.78 is 2.64. The van der Waals surface area contributed by atoms with Gasteiger partial charge in [0.2, 0.25) is 0 Å². The molecule has 0 N–H and O–H groups in total. The molecular weight excluding hydrogens is 671 g/mol. The molecule has 9 aromatic rings. The Morgan fingerprint density at radius 3 is 1.72 bits per heavy atom. The van der Waals surface area contributed by atoms with Gasteiger partial charge in [-0.15, -0.1) is 11.3 Å². The van der Waals surface area contributed by atoms with Crippen molar-refractivity contribution < 1.29 is 0 Å². The van der Waals surface area contributed by atoms with Crippen LogP contribution in [0.5, 0.6) is 0 Å². The second-order valence-corrected chi connectivity index (χ2v) is 16.3. The predicted molar refractivity (Wildman–Crippen MR) is 229 cm³/mol. The molecule has 1 spiro atoms. The lowest BCUT2D eigenvalue weighted by Gasteiger charge is -2.46. The molecule has 0 amide bonds. The monoisotopic (exact) mass is 707 g/mol. The van der Waals surface area contributed by atoms with E-state index < -0.39 is 5.41 Å². The Labute approximate surface area is 320 Å². The quantitative estimate of drug-likeness (QED) is 0.176. The average molecular weight is 708 g/mol. The lowest BCUT2D eigenvalue weighted by atomic mass is 9.55. The first-order chi connectivity index (χ1) is 26.5. The molecular formula is C52H37NS. The number of hydrogen-bond donors (Lipinski definition) is 0. The fourth-order valence-electron chi connectivity index (χ4n) is 9.80. The number of para-hydroxylation sites is 2. The molecule has 2 aliphatic rings. The maximum Gasteiger partial charge on any atom is 0.0719 e. The number of benzene rings is 8. The Balaban J connectivity index is 1.15. The molecule has 54 heavy (non-hydrogen) atoms. The molecule has 8 aromatic carbocycles. The smallest absolute Gasteiger partial charge is 0.0719 e. The van der Waals surface area contributed by atoms with E-state index in [-0.39, 0.29) is 5.41 Å². The molecule has 0 fully saturated rings. The number of anilines is 3. The second-order valence-electron chi connectivity index (χ2n) is 15.2. The first kappa shape index (κ1) is 31.3. The van der Waals surface area contributed by atoms with E-state index >= 15 is 0 Å². The lowest BCUT2D eigenvalue weighted by Crippen LogP contribution is -2.40. The summed E-state index contributed by atoms with van der Waals surface area (Å²) >= 11 is 1.87. The Bertz CT molecular complexity index is 2880. The highest BCUT2D eigenvalue weighted by Crippen LogP contribution is 2.62. The zero-order valence-corrected chi connectivity index (χ0v) is 31.1. The van der Waals surface area contributed by atoms with Crippen LogP contribution in [0.3, 0.4) is 0 Å². The highest BCUT2D eigenvalue weighted by molar-refractivity contribution is 7.25. The number of thiophene rings is 1. The van der Waals surface area contributed by atoms with Gasteiger partial charge < -0.3 is 4.90 Å². The zero-order valence-electron chi connectivity index (χ0n) is 30.3. The van der Waals surface area contributed by atoms with Crippen LogP contribution in [0.15, 0.2) is 188 Å². The third-order valence-electron chi connectivity index (χ3n) is 12.1. The third-order valence-corrected chi connectivity index (χ3v) is 13.3. The van der Waals surface area contributed by atoms with Crippen molar-refractivity contribution in [2.45, 2.75) is 24.7 Å². The van der Waals surface area contributed by atoms with Crippen LogP contribution in [0.25, 0.3) is 42.4 Å². The summed E-state index contributed by atoms with van der Waals surface area (Å²) in [5.74, 6) is 0. The molecule has 0 radical (unpaired) electrons. The first-order valence-electron chi connectivity index (χ1n) is 18.9. The summed E-state index contributed by atoms with van der Waals surface area (Å²) in [6.07, 6.45) is 0. The van der Waals surface area contributed by atoms with Crippen molar-refractivity contribution in [2.75, 3.05) is 4.90 Å². The van der Waals surface area contributed by atoms with Crippen LogP contribution in [-0.2, 0) is 10.8 Å². The second kappa shape index (κ2) is 11.6. The van der Waals surface area contributed by atoms with Crippen LogP contribution in [0, 0.1) is 0 Å². The fraction of sp³-hybridized carbons (Fsp3) is 0.0769. The molecule has 11 rings (SSSR count). The third kappa shape index (κ3) is 4.26. The Morgan fingerprint density at radius 1 is 0.389 bits per heavy atom. The minimum atomic E-state index is -0.414. The molecule has 0 unspecified atom stereocenters. The summed E-state index contributed by atoms with van der Waals surface area (Å²) in [4.78, 5) is 2.45. The van der Waals surface area contributed by atoms with E-state index in [0.717, 1.165) is 17.1 Å². The summed E-state index contributed by atoms with van der Waals surface area (Å²) in [5, 5.41) is 2.64. The molecule has 2 heteroatoms. The van der Waals surface area contributed by atoms with Gasteiger partial charge in [-0.3, -0.25) is 0 Å². The van der Waals surface area contributed by atoms with Crippen molar-refractivity contribution >= 4 is 48.6 Å². The van der Waals surface area contributed by atoms with Gasteiger partial charge in [0.05, 0.1) is 11.1 Å². The summed E-state index contributed by atoms with van der Waals surface area (Å²) in [6, 6.07) is 70.1. The van der Waals surface area contributed by atoms with E-state index in [2.05, 4.69) is 207 Å². The van der Waals surface area contributed by atoms with E-state index in [4.69, 9.17) is 0 Å². The molecule has 1 aromatic heterocycles. The van der Waals surface area contributed by atoms with Gasteiger partial charge in [0.15, 0.2) is 0 Å². The minimum absolute atomic E-state index is 0.122. The van der Waals surface area contributed by atoms with Crippen molar-refractivity contribution in [2.24, 2.45) is 0 Å². The standard InChI is InChI=1S/C52H37NS/c1-51(2)44-22-10-12-24-46(44)52(47-25-13-11-23-45(47)51)42-21-9-6-19-38(42)41-33-36(29-31-43(41)52)53(35-16-4-3-5-17-35)48-26-14-7-18-37(48)34-28-30-40-39-20-8-15-27-49(39)54-50(40)32-34/h3-33H,1-2H3.